The van der Waals surface area contributed by atoms with Crippen LogP contribution in [0.25, 0.3) is 0 Å². The van der Waals surface area contributed by atoms with Gasteiger partial charge in [0, 0.05) is 0 Å². The lowest BCUT2D eigenvalue weighted by atomic mass is 9.77. The third-order valence-corrected chi connectivity index (χ3v) is 4.95. The molecule has 2 rings (SSSR count). The second-order valence-electron chi connectivity index (χ2n) is 7.16. The van der Waals surface area contributed by atoms with Gasteiger partial charge in [-0.2, -0.15) is 0 Å². The van der Waals surface area contributed by atoms with Crippen molar-refractivity contribution in [2.75, 3.05) is 6.54 Å². The molecular weight excluding hydrogens is 242 g/mol. The van der Waals surface area contributed by atoms with Crippen LogP contribution in [0.4, 0.5) is 0 Å². The van der Waals surface area contributed by atoms with Crippen molar-refractivity contribution < 1.29 is 0 Å². The highest BCUT2D eigenvalue weighted by Crippen LogP contribution is 2.44. The average molecular weight is 273 g/mol. The largest absolute Gasteiger partial charge is 0.330 e. The van der Waals surface area contributed by atoms with Crippen LogP contribution in [0.1, 0.15) is 63.5 Å². The summed E-state index contributed by atoms with van der Waals surface area (Å²) in [5.41, 5.74) is 9.36. The number of rotatable bonds is 7. The van der Waals surface area contributed by atoms with Crippen molar-refractivity contribution in [3.05, 3.63) is 35.4 Å². The van der Waals surface area contributed by atoms with Gasteiger partial charge in [0.15, 0.2) is 0 Å². The van der Waals surface area contributed by atoms with E-state index < -0.39 is 0 Å². The Labute approximate surface area is 125 Å². The summed E-state index contributed by atoms with van der Waals surface area (Å²) >= 11 is 0. The number of hydrogen-bond donors (Lipinski definition) is 1. The van der Waals surface area contributed by atoms with Crippen molar-refractivity contribution >= 4 is 0 Å². The Hall–Kier alpha value is -0.820. The maximum Gasteiger partial charge on any atom is -0.00720 e. The van der Waals surface area contributed by atoms with Crippen LogP contribution < -0.4 is 5.73 Å². The normalized spacial score (nSPS) is 17.8. The fourth-order valence-electron chi connectivity index (χ4n) is 3.78. The van der Waals surface area contributed by atoms with Crippen molar-refractivity contribution in [1.29, 1.82) is 0 Å². The molecule has 1 fully saturated rings. The molecule has 0 unspecified atom stereocenters. The highest BCUT2D eigenvalue weighted by molar-refractivity contribution is 5.23. The van der Waals surface area contributed by atoms with Crippen LogP contribution in [0.3, 0.4) is 0 Å². The standard InChI is InChI=1S/C19H31N/c1-16(2)15-18-7-5-17(6-8-18)9-12-19(13-14-20)10-3-4-11-19/h5-8,16H,3-4,9-15,20H2,1-2H3. The highest BCUT2D eigenvalue weighted by Gasteiger charge is 2.32. The van der Waals surface area contributed by atoms with E-state index in [1.165, 1.54) is 62.5 Å². The zero-order valence-electron chi connectivity index (χ0n) is 13.3. The van der Waals surface area contributed by atoms with Crippen LogP contribution in [0.2, 0.25) is 0 Å². The summed E-state index contributed by atoms with van der Waals surface area (Å²) in [6, 6.07) is 9.31. The molecular formula is C19H31N. The van der Waals surface area contributed by atoms with E-state index in [1.54, 1.807) is 0 Å². The van der Waals surface area contributed by atoms with Gasteiger partial charge < -0.3 is 5.73 Å². The van der Waals surface area contributed by atoms with Gasteiger partial charge in [0.25, 0.3) is 0 Å². The third-order valence-electron chi connectivity index (χ3n) is 4.95. The fourth-order valence-corrected chi connectivity index (χ4v) is 3.78. The van der Waals surface area contributed by atoms with E-state index in [1.807, 2.05) is 0 Å². The summed E-state index contributed by atoms with van der Waals surface area (Å²) in [6.45, 7) is 5.42. The van der Waals surface area contributed by atoms with E-state index >= 15 is 0 Å². The van der Waals surface area contributed by atoms with Crippen molar-refractivity contribution in [3.63, 3.8) is 0 Å². The van der Waals surface area contributed by atoms with Gasteiger partial charge in [-0.15, -0.1) is 0 Å². The molecule has 112 valence electrons. The number of aryl methyl sites for hydroxylation is 1. The van der Waals surface area contributed by atoms with E-state index in [0.29, 0.717) is 5.41 Å². The van der Waals surface area contributed by atoms with Crippen LogP contribution in [-0.2, 0) is 12.8 Å². The molecule has 0 atom stereocenters. The lowest BCUT2D eigenvalue weighted by molar-refractivity contribution is 0.253. The Bertz CT molecular complexity index is 385. The van der Waals surface area contributed by atoms with Crippen molar-refractivity contribution in [2.24, 2.45) is 17.1 Å². The molecule has 0 aliphatic heterocycles. The molecule has 1 heteroatoms. The van der Waals surface area contributed by atoms with Gasteiger partial charge in [-0.3, -0.25) is 0 Å². The Morgan fingerprint density at radius 3 is 2.15 bits per heavy atom. The molecule has 1 aromatic rings. The second-order valence-corrected chi connectivity index (χ2v) is 7.16. The molecule has 0 radical (unpaired) electrons. The molecule has 0 saturated heterocycles. The highest BCUT2D eigenvalue weighted by atomic mass is 14.5. The van der Waals surface area contributed by atoms with E-state index in [2.05, 4.69) is 38.1 Å². The predicted octanol–water partition coefficient (Wildman–Crippen LogP) is 4.73. The monoisotopic (exact) mass is 273 g/mol. The molecule has 1 nitrogen and oxygen atoms in total. The third kappa shape index (κ3) is 4.34. The van der Waals surface area contributed by atoms with Crippen molar-refractivity contribution in [3.8, 4) is 0 Å². The van der Waals surface area contributed by atoms with E-state index in [9.17, 15) is 0 Å². The van der Waals surface area contributed by atoms with Crippen LogP contribution in [0, 0.1) is 11.3 Å². The number of hydrogen-bond acceptors (Lipinski definition) is 1. The van der Waals surface area contributed by atoms with Crippen LogP contribution >= 0.6 is 0 Å². The summed E-state index contributed by atoms with van der Waals surface area (Å²) in [7, 11) is 0. The van der Waals surface area contributed by atoms with Gasteiger partial charge in [0.2, 0.25) is 0 Å². The first-order chi connectivity index (χ1) is 9.63. The first-order valence-corrected chi connectivity index (χ1v) is 8.41. The van der Waals surface area contributed by atoms with Crippen LogP contribution in [-0.4, -0.2) is 6.54 Å². The molecule has 0 aromatic heterocycles. The van der Waals surface area contributed by atoms with E-state index in [0.717, 1.165) is 12.5 Å². The van der Waals surface area contributed by atoms with Gasteiger partial charge in [0.05, 0.1) is 0 Å². The zero-order chi connectivity index (χ0) is 14.4. The minimum atomic E-state index is 0.561. The van der Waals surface area contributed by atoms with E-state index in [-0.39, 0.29) is 0 Å². The molecule has 1 aliphatic rings. The van der Waals surface area contributed by atoms with E-state index in [4.69, 9.17) is 5.73 Å². The summed E-state index contributed by atoms with van der Waals surface area (Å²) in [4.78, 5) is 0. The van der Waals surface area contributed by atoms with Crippen LogP contribution in [0.15, 0.2) is 24.3 Å². The number of nitrogens with two attached hydrogens (primary N) is 1. The van der Waals surface area contributed by atoms with Gasteiger partial charge in [-0.1, -0.05) is 51.0 Å². The molecule has 2 N–H and O–H groups in total. The minimum Gasteiger partial charge on any atom is -0.330 e. The average Bonchev–Trinajstić information content (AvgIpc) is 2.87. The smallest absolute Gasteiger partial charge is 0.00720 e. The molecule has 1 aliphatic carbocycles. The number of benzene rings is 1. The fraction of sp³-hybridized carbons (Fsp3) is 0.684. The SMILES string of the molecule is CC(C)Cc1ccc(CCC2(CCN)CCCC2)cc1. The molecule has 0 spiro atoms. The Kier molecular flexibility index (Phi) is 5.65. The summed E-state index contributed by atoms with van der Waals surface area (Å²) < 4.78 is 0. The van der Waals surface area contributed by atoms with Crippen molar-refractivity contribution in [2.45, 2.75) is 65.2 Å². The minimum absolute atomic E-state index is 0.561. The lowest BCUT2D eigenvalue weighted by Crippen LogP contribution is -2.21. The summed E-state index contributed by atoms with van der Waals surface area (Å²) in [5, 5.41) is 0. The maximum absolute atomic E-state index is 5.83. The molecule has 1 aromatic carbocycles. The lowest BCUT2D eigenvalue weighted by Gasteiger charge is -2.28. The first kappa shape index (κ1) is 15.6. The van der Waals surface area contributed by atoms with Crippen molar-refractivity contribution in [1.82, 2.24) is 0 Å². The topological polar surface area (TPSA) is 26.0 Å². The first-order valence-electron chi connectivity index (χ1n) is 8.41. The second kappa shape index (κ2) is 7.26. The predicted molar refractivity (Wildman–Crippen MR) is 87.9 cm³/mol. The zero-order valence-corrected chi connectivity index (χ0v) is 13.3. The molecule has 0 heterocycles. The summed E-state index contributed by atoms with van der Waals surface area (Å²) in [5.74, 6) is 0.743. The van der Waals surface area contributed by atoms with Crippen LogP contribution in [0.5, 0.6) is 0 Å². The Morgan fingerprint density at radius 2 is 1.60 bits per heavy atom. The van der Waals surface area contributed by atoms with Gasteiger partial charge in [-0.05, 0) is 67.5 Å². The maximum atomic E-state index is 5.83. The molecule has 20 heavy (non-hydrogen) atoms. The quantitative estimate of drug-likeness (QED) is 0.764. The Balaban J connectivity index is 1.89. The molecule has 1 saturated carbocycles. The molecule has 0 amide bonds. The summed E-state index contributed by atoms with van der Waals surface area (Å²) in [6.07, 6.45) is 10.6. The van der Waals surface area contributed by atoms with Gasteiger partial charge in [-0.25, -0.2) is 0 Å². The molecule has 0 bridgehead atoms. The Morgan fingerprint density at radius 1 is 1.00 bits per heavy atom. The van der Waals surface area contributed by atoms with Gasteiger partial charge >= 0.3 is 0 Å². The van der Waals surface area contributed by atoms with Gasteiger partial charge in [0.1, 0.15) is 0 Å².